The van der Waals surface area contributed by atoms with Gasteiger partial charge in [0.25, 0.3) is 5.56 Å². The number of alkyl halides is 3. The van der Waals surface area contributed by atoms with Crippen LogP contribution in [0.15, 0.2) is 70.0 Å². The van der Waals surface area contributed by atoms with Gasteiger partial charge in [-0.05, 0) is 25.1 Å². The molecule has 0 aliphatic carbocycles. The number of aromatic nitrogens is 4. The maximum atomic E-state index is 12.7. The number of benzene rings is 2. The first kappa shape index (κ1) is 19.6. The Labute approximate surface area is 168 Å². The molecular weight excluding hydrogens is 397 g/mol. The number of nitrogens with zero attached hydrogens (tertiary/aromatic N) is 4. The molecule has 6 nitrogen and oxygen atoms in total. The summed E-state index contributed by atoms with van der Waals surface area (Å²) in [5.41, 5.74) is 1.82. The van der Waals surface area contributed by atoms with Crippen molar-refractivity contribution in [2.24, 2.45) is 0 Å². The van der Waals surface area contributed by atoms with E-state index in [0.717, 1.165) is 23.3 Å². The molecule has 0 saturated heterocycles. The van der Waals surface area contributed by atoms with Crippen molar-refractivity contribution >= 4 is 0 Å². The Hall–Kier alpha value is -3.75. The molecule has 0 aliphatic rings. The number of hydrogen-bond donors (Lipinski definition) is 0. The Morgan fingerprint density at radius 2 is 1.60 bits per heavy atom. The van der Waals surface area contributed by atoms with Crippen LogP contribution in [0.2, 0.25) is 0 Å². The first-order valence-electron chi connectivity index (χ1n) is 8.95. The summed E-state index contributed by atoms with van der Waals surface area (Å²) in [6.07, 6.45) is -4.42. The standard InChI is InChI=1S/C21H15F3N4O2/c1-13-2-4-14(5-3-13)17-10-11-19(29)28(26-17)12-18-25-20(27-30-18)15-6-8-16(9-7-15)21(22,23)24/h2-11H,12H2,1H3. The fourth-order valence-corrected chi connectivity index (χ4v) is 2.81. The Bertz CT molecular complexity index is 1230. The highest BCUT2D eigenvalue weighted by Crippen LogP contribution is 2.30. The predicted molar refractivity (Wildman–Crippen MR) is 103 cm³/mol. The summed E-state index contributed by atoms with van der Waals surface area (Å²) in [5, 5.41) is 8.12. The normalized spacial score (nSPS) is 11.6. The van der Waals surface area contributed by atoms with E-state index in [1.54, 1.807) is 6.07 Å². The van der Waals surface area contributed by atoms with Crippen molar-refractivity contribution in [3.8, 4) is 22.6 Å². The van der Waals surface area contributed by atoms with Gasteiger partial charge in [-0.3, -0.25) is 4.79 Å². The number of rotatable bonds is 4. The molecule has 152 valence electrons. The van der Waals surface area contributed by atoms with Crippen molar-refractivity contribution in [1.29, 1.82) is 0 Å². The van der Waals surface area contributed by atoms with Gasteiger partial charge in [-0.25, -0.2) is 4.68 Å². The van der Waals surface area contributed by atoms with Crippen LogP contribution in [0.4, 0.5) is 13.2 Å². The van der Waals surface area contributed by atoms with Gasteiger partial charge < -0.3 is 4.52 Å². The smallest absolute Gasteiger partial charge is 0.337 e. The highest BCUT2D eigenvalue weighted by atomic mass is 19.4. The lowest BCUT2D eigenvalue weighted by Gasteiger charge is -2.06. The van der Waals surface area contributed by atoms with Crippen molar-refractivity contribution in [2.75, 3.05) is 0 Å². The Balaban J connectivity index is 1.57. The zero-order valence-corrected chi connectivity index (χ0v) is 15.7. The van der Waals surface area contributed by atoms with Crippen molar-refractivity contribution in [1.82, 2.24) is 19.9 Å². The highest BCUT2D eigenvalue weighted by molar-refractivity contribution is 5.58. The van der Waals surface area contributed by atoms with Gasteiger partial charge in [-0.15, -0.1) is 0 Å². The summed E-state index contributed by atoms with van der Waals surface area (Å²) in [6.45, 7) is 1.91. The van der Waals surface area contributed by atoms with Crippen LogP contribution >= 0.6 is 0 Å². The van der Waals surface area contributed by atoms with Crippen LogP contribution in [0, 0.1) is 6.92 Å². The molecule has 30 heavy (non-hydrogen) atoms. The highest BCUT2D eigenvalue weighted by Gasteiger charge is 2.30. The zero-order chi connectivity index (χ0) is 21.3. The van der Waals surface area contributed by atoms with E-state index in [9.17, 15) is 18.0 Å². The zero-order valence-electron chi connectivity index (χ0n) is 15.7. The predicted octanol–water partition coefficient (Wildman–Crippen LogP) is 4.34. The van der Waals surface area contributed by atoms with Gasteiger partial charge in [-0.1, -0.05) is 47.1 Å². The van der Waals surface area contributed by atoms with Gasteiger partial charge >= 0.3 is 6.18 Å². The van der Waals surface area contributed by atoms with E-state index in [1.165, 1.54) is 22.9 Å². The van der Waals surface area contributed by atoms with Crippen molar-refractivity contribution in [3.05, 3.63) is 88.0 Å². The average Bonchev–Trinajstić information content (AvgIpc) is 3.18. The summed E-state index contributed by atoms with van der Waals surface area (Å²) in [6, 6.07) is 15.1. The van der Waals surface area contributed by atoms with Gasteiger partial charge in [-0.2, -0.15) is 23.3 Å². The van der Waals surface area contributed by atoms with E-state index in [4.69, 9.17) is 4.52 Å². The van der Waals surface area contributed by atoms with E-state index in [0.29, 0.717) is 11.3 Å². The van der Waals surface area contributed by atoms with Crippen LogP contribution in [0.25, 0.3) is 22.6 Å². The van der Waals surface area contributed by atoms with Crippen molar-refractivity contribution < 1.29 is 17.7 Å². The second-order valence-corrected chi connectivity index (χ2v) is 6.67. The number of aryl methyl sites for hydroxylation is 1. The summed E-state index contributed by atoms with van der Waals surface area (Å²) in [5.74, 6) is 0.238. The molecule has 0 atom stereocenters. The van der Waals surface area contributed by atoms with Crippen LogP contribution in [-0.2, 0) is 12.7 Å². The minimum Gasteiger partial charge on any atom is -0.337 e. The van der Waals surface area contributed by atoms with Crippen LogP contribution in [0.3, 0.4) is 0 Å². The van der Waals surface area contributed by atoms with E-state index in [2.05, 4.69) is 15.2 Å². The lowest BCUT2D eigenvalue weighted by molar-refractivity contribution is -0.137. The first-order valence-corrected chi connectivity index (χ1v) is 8.95. The fraction of sp³-hybridized carbons (Fsp3) is 0.143. The van der Waals surface area contributed by atoms with Crippen molar-refractivity contribution in [3.63, 3.8) is 0 Å². The second-order valence-electron chi connectivity index (χ2n) is 6.67. The molecule has 0 amide bonds. The molecule has 0 fully saturated rings. The molecule has 0 radical (unpaired) electrons. The lowest BCUT2D eigenvalue weighted by atomic mass is 10.1. The molecule has 0 N–H and O–H groups in total. The molecule has 0 aliphatic heterocycles. The largest absolute Gasteiger partial charge is 0.416 e. The van der Waals surface area contributed by atoms with Crippen LogP contribution in [-0.4, -0.2) is 19.9 Å². The lowest BCUT2D eigenvalue weighted by Crippen LogP contribution is -2.23. The molecule has 4 rings (SSSR count). The third-order valence-corrected chi connectivity index (χ3v) is 4.44. The Kier molecular flexibility index (Phi) is 4.94. The van der Waals surface area contributed by atoms with Crippen LogP contribution in [0.5, 0.6) is 0 Å². The van der Waals surface area contributed by atoms with Gasteiger partial charge in [0.15, 0.2) is 0 Å². The quantitative estimate of drug-likeness (QED) is 0.499. The number of halogens is 3. The minimum absolute atomic E-state index is 0.0633. The Morgan fingerprint density at radius 1 is 0.933 bits per heavy atom. The summed E-state index contributed by atoms with van der Waals surface area (Å²) < 4.78 is 44.4. The van der Waals surface area contributed by atoms with E-state index >= 15 is 0 Å². The van der Waals surface area contributed by atoms with Gasteiger partial charge in [0, 0.05) is 17.2 Å². The van der Waals surface area contributed by atoms with E-state index in [-0.39, 0.29) is 23.8 Å². The molecule has 2 heterocycles. The number of hydrogen-bond acceptors (Lipinski definition) is 5. The van der Waals surface area contributed by atoms with Crippen LogP contribution in [0.1, 0.15) is 17.0 Å². The molecule has 0 unspecified atom stereocenters. The average molecular weight is 412 g/mol. The minimum atomic E-state index is -4.42. The monoisotopic (exact) mass is 412 g/mol. The molecule has 4 aromatic rings. The molecular formula is C21H15F3N4O2. The topological polar surface area (TPSA) is 73.8 Å². The second kappa shape index (κ2) is 7.58. The third-order valence-electron chi connectivity index (χ3n) is 4.44. The maximum Gasteiger partial charge on any atom is 0.416 e. The third kappa shape index (κ3) is 4.14. The van der Waals surface area contributed by atoms with Gasteiger partial charge in [0.1, 0.15) is 6.54 Å². The molecule has 0 saturated carbocycles. The van der Waals surface area contributed by atoms with Gasteiger partial charge in [0.05, 0.1) is 11.3 Å². The summed E-state index contributed by atoms with van der Waals surface area (Å²) in [7, 11) is 0. The van der Waals surface area contributed by atoms with Crippen LogP contribution < -0.4 is 5.56 Å². The SMILES string of the molecule is Cc1ccc(-c2ccc(=O)n(Cc3nc(-c4ccc(C(F)(F)F)cc4)no3)n2)cc1. The molecule has 0 bridgehead atoms. The molecule has 0 spiro atoms. The fourth-order valence-electron chi connectivity index (χ4n) is 2.81. The Morgan fingerprint density at radius 3 is 2.27 bits per heavy atom. The molecule has 2 aromatic carbocycles. The summed E-state index contributed by atoms with van der Waals surface area (Å²) in [4.78, 5) is 16.3. The molecule has 9 heteroatoms. The maximum absolute atomic E-state index is 12.7. The van der Waals surface area contributed by atoms with E-state index in [1.807, 2.05) is 31.2 Å². The first-order chi connectivity index (χ1) is 14.3. The molecule has 2 aromatic heterocycles. The van der Waals surface area contributed by atoms with Crippen molar-refractivity contribution in [2.45, 2.75) is 19.6 Å². The summed E-state index contributed by atoms with van der Waals surface area (Å²) >= 11 is 0. The van der Waals surface area contributed by atoms with E-state index < -0.39 is 11.7 Å². The van der Waals surface area contributed by atoms with Gasteiger partial charge in [0.2, 0.25) is 11.7 Å².